The fourth-order valence-corrected chi connectivity index (χ4v) is 2.91. The van der Waals surface area contributed by atoms with Crippen molar-refractivity contribution in [3.8, 4) is 0 Å². The summed E-state index contributed by atoms with van der Waals surface area (Å²) in [5, 5.41) is 0. The fraction of sp³-hybridized carbons (Fsp3) is 0.462. The van der Waals surface area contributed by atoms with Crippen molar-refractivity contribution in [2.45, 2.75) is 31.7 Å². The van der Waals surface area contributed by atoms with E-state index in [9.17, 15) is 4.79 Å². The maximum atomic E-state index is 12.3. The molecule has 0 unspecified atom stereocenters. The minimum absolute atomic E-state index is 0.0601. The molecule has 0 atom stereocenters. The van der Waals surface area contributed by atoms with Crippen molar-refractivity contribution < 1.29 is 4.79 Å². The first-order valence-electron chi connectivity index (χ1n) is 5.91. The summed E-state index contributed by atoms with van der Waals surface area (Å²) in [6, 6.07) is 5.75. The molecule has 0 aromatic heterocycles. The maximum Gasteiger partial charge on any atom is 0.253 e. The summed E-state index contributed by atoms with van der Waals surface area (Å²) in [4.78, 5) is 14.1. The van der Waals surface area contributed by atoms with Crippen LogP contribution in [0.4, 0.5) is 5.69 Å². The predicted octanol–water partition coefficient (Wildman–Crippen LogP) is 3.05. The van der Waals surface area contributed by atoms with E-state index in [1.807, 2.05) is 18.0 Å². The van der Waals surface area contributed by atoms with Gasteiger partial charge in [-0.3, -0.25) is 4.79 Å². The van der Waals surface area contributed by atoms with Gasteiger partial charge in [-0.2, -0.15) is 0 Å². The number of carbonyl (C=O) groups is 1. The zero-order valence-corrected chi connectivity index (χ0v) is 11.5. The fourth-order valence-electron chi connectivity index (χ4n) is 2.40. The van der Waals surface area contributed by atoms with Crippen LogP contribution >= 0.6 is 15.9 Å². The molecule has 0 saturated heterocycles. The van der Waals surface area contributed by atoms with Gasteiger partial charge in [0.25, 0.3) is 5.91 Å². The molecule has 1 saturated carbocycles. The number of amides is 1. The third-order valence-corrected chi connectivity index (χ3v) is 3.82. The Morgan fingerprint density at radius 2 is 2.00 bits per heavy atom. The van der Waals surface area contributed by atoms with E-state index in [2.05, 4.69) is 15.9 Å². The smallest absolute Gasteiger partial charge is 0.253 e. The van der Waals surface area contributed by atoms with Crippen molar-refractivity contribution in [1.82, 2.24) is 4.90 Å². The molecule has 1 fully saturated rings. The molecule has 2 rings (SSSR count). The molecule has 4 heteroatoms. The SMILES string of the molecule is CN(C(=O)c1cc(N)cc(Br)c1)C1CCCC1. The summed E-state index contributed by atoms with van der Waals surface area (Å²) < 4.78 is 0.848. The highest BCUT2D eigenvalue weighted by molar-refractivity contribution is 9.10. The molecular weight excluding hydrogens is 280 g/mol. The largest absolute Gasteiger partial charge is 0.399 e. The molecular formula is C13H17BrN2O. The number of halogens is 1. The van der Waals surface area contributed by atoms with Crippen molar-refractivity contribution in [3.05, 3.63) is 28.2 Å². The number of rotatable bonds is 2. The van der Waals surface area contributed by atoms with Crippen molar-refractivity contribution in [2.75, 3.05) is 12.8 Å². The molecule has 92 valence electrons. The third-order valence-electron chi connectivity index (χ3n) is 3.36. The summed E-state index contributed by atoms with van der Waals surface area (Å²) in [7, 11) is 1.88. The lowest BCUT2D eigenvalue weighted by Gasteiger charge is -2.24. The van der Waals surface area contributed by atoms with E-state index in [-0.39, 0.29) is 5.91 Å². The van der Waals surface area contributed by atoms with E-state index < -0.39 is 0 Å². The molecule has 0 radical (unpaired) electrons. The van der Waals surface area contributed by atoms with Gasteiger partial charge in [-0.15, -0.1) is 0 Å². The van der Waals surface area contributed by atoms with Crippen LogP contribution in [-0.4, -0.2) is 23.9 Å². The van der Waals surface area contributed by atoms with Crippen LogP contribution in [0.2, 0.25) is 0 Å². The average Bonchev–Trinajstić information content (AvgIpc) is 2.79. The lowest BCUT2D eigenvalue weighted by molar-refractivity contribution is 0.0735. The summed E-state index contributed by atoms with van der Waals surface area (Å²) in [5.41, 5.74) is 7.02. The van der Waals surface area contributed by atoms with Gasteiger partial charge in [-0.05, 0) is 31.0 Å². The van der Waals surface area contributed by atoms with Crippen LogP contribution in [0.5, 0.6) is 0 Å². The Morgan fingerprint density at radius 1 is 1.35 bits per heavy atom. The first kappa shape index (κ1) is 12.4. The molecule has 0 aliphatic heterocycles. The Kier molecular flexibility index (Phi) is 3.72. The Labute approximate surface area is 110 Å². The van der Waals surface area contributed by atoms with E-state index in [1.54, 1.807) is 12.1 Å². The van der Waals surface area contributed by atoms with Gasteiger partial charge in [0.15, 0.2) is 0 Å². The molecule has 0 spiro atoms. The van der Waals surface area contributed by atoms with E-state index in [0.29, 0.717) is 17.3 Å². The second kappa shape index (κ2) is 5.08. The van der Waals surface area contributed by atoms with E-state index in [1.165, 1.54) is 12.8 Å². The quantitative estimate of drug-likeness (QED) is 0.853. The van der Waals surface area contributed by atoms with Gasteiger partial charge < -0.3 is 10.6 Å². The van der Waals surface area contributed by atoms with Gasteiger partial charge in [0.05, 0.1) is 0 Å². The van der Waals surface area contributed by atoms with Crippen LogP contribution in [0.3, 0.4) is 0 Å². The van der Waals surface area contributed by atoms with E-state index in [4.69, 9.17) is 5.73 Å². The Hall–Kier alpha value is -1.03. The van der Waals surface area contributed by atoms with Gasteiger partial charge in [0, 0.05) is 28.8 Å². The van der Waals surface area contributed by atoms with Gasteiger partial charge in [0.2, 0.25) is 0 Å². The Morgan fingerprint density at radius 3 is 2.59 bits per heavy atom. The number of carbonyl (C=O) groups excluding carboxylic acids is 1. The molecule has 2 N–H and O–H groups in total. The third kappa shape index (κ3) is 2.80. The molecule has 1 amide bonds. The summed E-state index contributed by atoms with van der Waals surface area (Å²) >= 11 is 3.36. The van der Waals surface area contributed by atoms with Crippen molar-refractivity contribution in [2.24, 2.45) is 0 Å². The second-order valence-electron chi connectivity index (χ2n) is 4.63. The van der Waals surface area contributed by atoms with Gasteiger partial charge in [-0.25, -0.2) is 0 Å². The molecule has 17 heavy (non-hydrogen) atoms. The predicted molar refractivity (Wildman–Crippen MR) is 72.9 cm³/mol. The molecule has 1 aromatic carbocycles. The minimum atomic E-state index is 0.0601. The monoisotopic (exact) mass is 296 g/mol. The summed E-state index contributed by atoms with van der Waals surface area (Å²) in [6.45, 7) is 0. The molecule has 1 aromatic rings. The zero-order valence-electron chi connectivity index (χ0n) is 9.95. The number of nitrogens with two attached hydrogens (primary N) is 1. The van der Waals surface area contributed by atoms with E-state index >= 15 is 0 Å². The van der Waals surface area contributed by atoms with Crippen LogP contribution in [0.1, 0.15) is 36.0 Å². The molecule has 1 aliphatic rings. The number of nitrogen functional groups attached to an aromatic ring is 1. The first-order valence-corrected chi connectivity index (χ1v) is 6.70. The highest BCUT2D eigenvalue weighted by Crippen LogP contribution is 2.25. The normalized spacial score (nSPS) is 16.1. The van der Waals surface area contributed by atoms with Crippen LogP contribution in [0.15, 0.2) is 22.7 Å². The lowest BCUT2D eigenvalue weighted by atomic mass is 10.1. The molecule has 1 aliphatic carbocycles. The molecule has 0 heterocycles. The van der Waals surface area contributed by atoms with Gasteiger partial charge >= 0.3 is 0 Å². The summed E-state index contributed by atoms with van der Waals surface area (Å²) in [6.07, 6.45) is 4.68. The number of nitrogens with zero attached hydrogens (tertiary/aromatic N) is 1. The van der Waals surface area contributed by atoms with E-state index in [0.717, 1.165) is 17.3 Å². The Balaban J connectivity index is 2.17. The van der Waals surface area contributed by atoms with Crippen molar-refractivity contribution in [1.29, 1.82) is 0 Å². The maximum absolute atomic E-state index is 12.3. The number of benzene rings is 1. The zero-order chi connectivity index (χ0) is 12.4. The average molecular weight is 297 g/mol. The number of hydrogen-bond donors (Lipinski definition) is 1. The van der Waals surface area contributed by atoms with Crippen LogP contribution in [0, 0.1) is 0 Å². The number of anilines is 1. The minimum Gasteiger partial charge on any atom is -0.399 e. The van der Waals surface area contributed by atoms with Crippen molar-refractivity contribution in [3.63, 3.8) is 0 Å². The number of hydrogen-bond acceptors (Lipinski definition) is 2. The van der Waals surface area contributed by atoms with Gasteiger partial charge in [0.1, 0.15) is 0 Å². The highest BCUT2D eigenvalue weighted by Gasteiger charge is 2.24. The van der Waals surface area contributed by atoms with Crippen LogP contribution in [-0.2, 0) is 0 Å². The Bertz CT molecular complexity index is 407. The molecule has 0 bridgehead atoms. The van der Waals surface area contributed by atoms with Crippen LogP contribution in [0.25, 0.3) is 0 Å². The summed E-state index contributed by atoms with van der Waals surface area (Å²) in [5.74, 6) is 0.0601. The van der Waals surface area contributed by atoms with Crippen LogP contribution < -0.4 is 5.73 Å². The highest BCUT2D eigenvalue weighted by atomic mass is 79.9. The second-order valence-corrected chi connectivity index (χ2v) is 5.54. The standard InChI is InChI=1S/C13H17BrN2O/c1-16(12-4-2-3-5-12)13(17)9-6-10(14)8-11(15)7-9/h6-8,12H,2-5,15H2,1H3. The first-order chi connectivity index (χ1) is 8.08. The lowest BCUT2D eigenvalue weighted by Crippen LogP contribution is -2.35. The topological polar surface area (TPSA) is 46.3 Å². The molecule has 3 nitrogen and oxygen atoms in total. The van der Waals surface area contributed by atoms with Crippen molar-refractivity contribution >= 4 is 27.5 Å². The van der Waals surface area contributed by atoms with Gasteiger partial charge in [-0.1, -0.05) is 28.8 Å².